The van der Waals surface area contributed by atoms with E-state index in [1.165, 1.54) is 7.11 Å². The number of hydrogen-bond donors (Lipinski definition) is 1. The van der Waals surface area contributed by atoms with E-state index in [1.54, 1.807) is 0 Å². The molecule has 0 bridgehead atoms. The number of nitrogens with one attached hydrogen (secondary N) is 1. The molecule has 0 radical (unpaired) electrons. The number of amides is 1. The van der Waals surface area contributed by atoms with Crippen LogP contribution in [0.1, 0.15) is 6.42 Å². The van der Waals surface area contributed by atoms with Crippen LogP contribution in [0.3, 0.4) is 0 Å². The SMILES string of the molecule is COCC(=O)N/N=C1\CCOC1. The van der Waals surface area contributed by atoms with Crippen molar-refractivity contribution in [2.24, 2.45) is 5.10 Å². The standard InChI is InChI=1S/C7H12N2O3/c1-11-5-7(10)9-8-6-2-3-12-4-6/h2-5H2,1H3,(H,9,10)/b8-6+. The molecule has 1 saturated heterocycles. The van der Waals surface area contributed by atoms with Gasteiger partial charge in [0.05, 0.1) is 18.9 Å². The summed E-state index contributed by atoms with van der Waals surface area (Å²) >= 11 is 0. The zero-order chi connectivity index (χ0) is 8.81. The number of carbonyl (C=O) groups excluding carboxylic acids is 1. The molecule has 12 heavy (non-hydrogen) atoms. The minimum atomic E-state index is -0.239. The van der Waals surface area contributed by atoms with Crippen molar-refractivity contribution in [3.8, 4) is 0 Å². The molecule has 0 aromatic carbocycles. The van der Waals surface area contributed by atoms with Gasteiger partial charge in [-0.15, -0.1) is 0 Å². The van der Waals surface area contributed by atoms with Crippen LogP contribution >= 0.6 is 0 Å². The van der Waals surface area contributed by atoms with Crippen LogP contribution in [0.2, 0.25) is 0 Å². The van der Waals surface area contributed by atoms with Gasteiger partial charge in [0.15, 0.2) is 0 Å². The van der Waals surface area contributed by atoms with Gasteiger partial charge in [0.2, 0.25) is 0 Å². The largest absolute Gasteiger partial charge is 0.375 e. The maximum absolute atomic E-state index is 10.8. The Morgan fingerprint density at radius 1 is 1.83 bits per heavy atom. The summed E-state index contributed by atoms with van der Waals surface area (Å²) in [7, 11) is 1.46. The van der Waals surface area contributed by atoms with Gasteiger partial charge < -0.3 is 9.47 Å². The highest BCUT2D eigenvalue weighted by Crippen LogP contribution is 1.97. The highest BCUT2D eigenvalue weighted by atomic mass is 16.5. The van der Waals surface area contributed by atoms with Crippen molar-refractivity contribution in [1.29, 1.82) is 0 Å². The fourth-order valence-electron chi connectivity index (χ4n) is 0.845. The van der Waals surface area contributed by atoms with Gasteiger partial charge in [0.1, 0.15) is 6.61 Å². The Labute approximate surface area is 70.7 Å². The van der Waals surface area contributed by atoms with Gasteiger partial charge in [-0.05, 0) is 0 Å². The number of ether oxygens (including phenoxy) is 2. The minimum absolute atomic E-state index is 0.0393. The van der Waals surface area contributed by atoms with Gasteiger partial charge in [-0.3, -0.25) is 4.79 Å². The minimum Gasteiger partial charge on any atom is -0.375 e. The molecule has 1 aliphatic heterocycles. The van der Waals surface area contributed by atoms with Crippen LogP contribution in [0, 0.1) is 0 Å². The smallest absolute Gasteiger partial charge is 0.266 e. The first-order valence-electron chi connectivity index (χ1n) is 3.74. The number of carbonyl (C=O) groups is 1. The second kappa shape index (κ2) is 4.84. The molecule has 0 unspecified atom stereocenters. The molecule has 0 spiro atoms. The molecular weight excluding hydrogens is 160 g/mol. The third-order valence-electron chi connectivity index (χ3n) is 1.42. The molecule has 0 saturated carbocycles. The molecule has 1 heterocycles. The Morgan fingerprint density at radius 3 is 3.25 bits per heavy atom. The van der Waals surface area contributed by atoms with Crippen molar-refractivity contribution in [2.75, 3.05) is 26.9 Å². The van der Waals surface area contributed by atoms with Crippen LogP contribution in [0.25, 0.3) is 0 Å². The molecule has 0 aromatic heterocycles. The zero-order valence-corrected chi connectivity index (χ0v) is 7.00. The molecule has 1 rings (SSSR count). The Hall–Kier alpha value is -0.940. The second-order valence-corrected chi connectivity index (χ2v) is 2.45. The summed E-state index contributed by atoms with van der Waals surface area (Å²) in [5.41, 5.74) is 3.24. The molecule has 0 atom stereocenters. The van der Waals surface area contributed by atoms with Crippen LogP contribution < -0.4 is 5.43 Å². The van der Waals surface area contributed by atoms with Crippen LogP contribution in [-0.4, -0.2) is 38.5 Å². The lowest BCUT2D eigenvalue weighted by molar-refractivity contribution is -0.124. The normalized spacial score (nSPS) is 19.9. The van der Waals surface area contributed by atoms with Crippen LogP contribution in [-0.2, 0) is 14.3 Å². The van der Waals surface area contributed by atoms with Gasteiger partial charge >= 0.3 is 0 Å². The summed E-state index contributed by atoms with van der Waals surface area (Å²) in [5.74, 6) is -0.239. The Balaban J connectivity index is 2.22. The van der Waals surface area contributed by atoms with Gasteiger partial charge in [0, 0.05) is 13.5 Å². The third kappa shape index (κ3) is 2.98. The molecule has 1 N–H and O–H groups in total. The molecule has 0 aromatic rings. The van der Waals surface area contributed by atoms with E-state index >= 15 is 0 Å². The van der Waals surface area contributed by atoms with Crippen molar-refractivity contribution in [1.82, 2.24) is 5.43 Å². The number of methoxy groups -OCH3 is 1. The molecule has 68 valence electrons. The van der Waals surface area contributed by atoms with Gasteiger partial charge in [0.25, 0.3) is 5.91 Å². The molecule has 5 nitrogen and oxygen atoms in total. The maximum atomic E-state index is 10.8. The lowest BCUT2D eigenvalue weighted by Crippen LogP contribution is -2.23. The summed E-state index contributed by atoms with van der Waals surface area (Å²) in [4.78, 5) is 10.8. The summed E-state index contributed by atoms with van der Waals surface area (Å²) in [5, 5.41) is 3.85. The summed E-state index contributed by atoms with van der Waals surface area (Å²) in [6, 6.07) is 0. The van der Waals surface area contributed by atoms with E-state index in [-0.39, 0.29) is 12.5 Å². The van der Waals surface area contributed by atoms with Crippen molar-refractivity contribution in [3.05, 3.63) is 0 Å². The van der Waals surface area contributed by atoms with E-state index in [0.29, 0.717) is 13.2 Å². The molecule has 5 heteroatoms. The molecule has 0 aliphatic carbocycles. The summed E-state index contributed by atoms with van der Waals surface area (Å²) < 4.78 is 9.64. The molecule has 1 aliphatic rings. The van der Waals surface area contributed by atoms with E-state index in [1.807, 2.05) is 0 Å². The van der Waals surface area contributed by atoms with Crippen LogP contribution in [0.15, 0.2) is 5.10 Å². The lowest BCUT2D eigenvalue weighted by atomic mass is 10.3. The van der Waals surface area contributed by atoms with Gasteiger partial charge in [-0.2, -0.15) is 5.10 Å². The molecular formula is C7H12N2O3. The van der Waals surface area contributed by atoms with E-state index in [2.05, 4.69) is 15.3 Å². The lowest BCUT2D eigenvalue weighted by Gasteiger charge is -1.98. The first-order valence-corrected chi connectivity index (χ1v) is 3.74. The highest BCUT2D eigenvalue weighted by molar-refractivity contribution is 5.88. The van der Waals surface area contributed by atoms with E-state index in [9.17, 15) is 4.79 Å². The number of hydrogen-bond acceptors (Lipinski definition) is 4. The molecule has 1 amide bonds. The second-order valence-electron chi connectivity index (χ2n) is 2.45. The van der Waals surface area contributed by atoms with Crippen LogP contribution in [0.5, 0.6) is 0 Å². The van der Waals surface area contributed by atoms with Crippen molar-refractivity contribution < 1.29 is 14.3 Å². The van der Waals surface area contributed by atoms with Crippen molar-refractivity contribution in [2.45, 2.75) is 6.42 Å². The Bertz CT molecular complexity index is 183. The number of rotatable bonds is 3. The average Bonchev–Trinajstić information content (AvgIpc) is 2.53. The Morgan fingerprint density at radius 2 is 2.67 bits per heavy atom. The third-order valence-corrected chi connectivity index (χ3v) is 1.42. The number of nitrogens with zero attached hydrogens (tertiary/aromatic N) is 1. The quantitative estimate of drug-likeness (QED) is 0.585. The van der Waals surface area contributed by atoms with E-state index < -0.39 is 0 Å². The summed E-state index contributed by atoms with van der Waals surface area (Å²) in [6.07, 6.45) is 0.799. The maximum Gasteiger partial charge on any atom is 0.266 e. The topological polar surface area (TPSA) is 59.9 Å². The predicted molar refractivity (Wildman–Crippen MR) is 42.9 cm³/mol. The fourth-order valence-corrected chi connectivity index (χ4v) is 0.845. The average molecular weight is 172 g/mol. The van der Waals surface area contributed by atoms with Crippen molar-refractivity contribution >= 4 is 11.6 Å². The summed E-state index contributed by atoms with van der Waals surface area (Å²) in [6.45, 7) is 1.25. The Kier molecular flexibility index (Phi) is 3.69. The monoisotopic (exact) mass is 172 g/mol. The van der Waals surface area contributed by atoms with Crippen molar-refractivity contribution in [3.63, 3.8) is 0 Å². The van der Waals surface area contributed by atoms with E-state index in [0.717, 1.165) is 12.1 Å². The highest BCUT2D eigenvalue weighted by Gasteiger charge is 2.08. The van der Waals surface area contributed by atoms with Crippen LogP contribution in [0.4, 0.5) is 0 Å². The van der Waals surface area contributed by atoms with Gasteiger partial charge in [-0.25, -0.2) is 5.43 Å². The molecule has 1 fully saturated rings. The first-order chi connectivity index (χ1) is 5.83. The number of hydrazone groups is 1. The zero-order valence-electron chi connectivity index (χ0n) is 7.00. The van der Waals surface area contributed by atoms with E-state index in [4.69, 9.17) is 4.74 Å². The van der Waals surface area contributed by atoms with Gasteiger partial charge in [-0.1, -0.05) is 0 Å². The predicted octanol–water partition coefficient (Wildman–Crippen LogP) is -0.475. The first kappa shape index (κ1) is 9.15. The fraction of sp³-hybridized carbons (Fsp3) is 0.714.